The molecule has 0 aliphatic carbocycles. The molecule has 6 heteroatoms. The van der Waals surface area contributed by atoms with Gasteiger partial charge in [-0.05, 0) is 61.0 Å². The smallest absolute Gasteiger partial charge is 0.242 e. The summed E-state index contributed by atoms with van der Waals surface area (Å²) in [5, 5.41) is 2.01. The van der Waals surface area contributed by atoms with Gasteiger partial charge in [0.25, 0.3) is 0 Å². The fourth-order valence-corrected chi connectivity index (χ4v) is 4.38. The minimum atomic E-state index is -0.307. The Hall–Kier alpha value is -2.99. The molecule has 1 aromatic heterocycles. The maximum Gasteiger partial charge on any atom is 0.242 e. The first kappa shape index (κ1) is 23.7. The van der Waals surface area contributed by atoms with Crippen molar-refractivity contribution in [2.24, 2.45) is 0 Å². The molecule has 4 nitrogen and oxygen atoms in total. The second-order valence-electron chi connectivity index (χ2n) is 8.18. The van der Waals surface area contributed by atoms with E-state index in [1.165, 1.54) is 12.1 Å². The molecule has 0 radical (unpaired) electrons. The molecule has 0 fully saturated rings. The summed E-state index contributed by atoms with van der Waals surface area (Å²) in [5.41, 5.74) is 2.90. The van der Waals surface area contributed by atoms with Crippen molar-refractivity contribution in [2.75, 3.05) is 6.54 Å². The van der Waals surface area contributed by atoms with Crippen LogP contribution in [0.15, 0.2) is 66.0 Å². The molecule has 1 heterocycles. The molecule has 0 spiro atoms. The lowest BCUT2D eigenvalue weighted by Gasteiger charge is -2.30. The summed E-state index contributed by atoms with van der Waals surface area (Å²) in [6.07, 6.45) is 0.258. The molecule has 0 bridgehead atoms. The van der Waals surface area contributed by atoms with E-state index in [9.17, 15) is 14.0 Å². The average molecular weight is 453 g/mol. The van der Waals surface area contributed by atoms with Crippen LogP contribution in [-0.2, 0) is 29.1 Å². The molecule has 0 saturated carbocycles. The monoisotopic (exact) mass is 452 g/mol. The summed E-state index contributed by atoms with van der Waals surface area (Å²) in [6, 6.07) is 17.7. The fourth-order valence-electron chi connectivity index (χ4n) is 3.46. The third kappa shape index (κ3) is 6.50. The van der Waals surface area contributed by atoms with Crippen molar-refractivity contribution >= 4 is 23.2 Å². The zero-order valence-electron chi connectivity index (χ0n) is 18.8. The predicted octanol–water partition coefficient (Wildman–Crippen LogP) is 5.20. The molecule has 0 aliphatic heterocycles. The van der Waals surface area contributed by atoms with Crippen molar-refractivity contribution in [2.45, 2.75) is 46.3 Å². The molecule has 0 saturated heterocycles. The molecule has 168 valence electrons. The lowest BCUT2D eigenvalue weighted by Crippen LogP contribution is -2.46. The lowest BCUT2D eigenvalue weighted by molar-refractivity contribution is -0.142. The Morgan fingerprint density at radius 3 is 2.19 bits per heavy atom. The van der Waals surface area contributed by atoms with E-state index in [-0.39, 0.29) is 36.6 Å². The number of rotatable bonds is 9. The summed E-state index contributed by atoms with van der Waals surface area (Å²) in [5.74, 6) is -0.510. The summed E-state index contributed by atoms with van der Waals surface area (Å²) >= 11 is 1.61. The summed E-state index contributed by atoms with van der Waals surface area (Å²) in [4.78, 5) is 30.9. The first-order chi connectivity index (χ1) is 15.3. The van der Waals surface area contributed by atoms with E-state index in [0.717, 1.165) is 21.6 Å². The molecule has 3 rings (SSSR count). The number of thiophene rings is 1. The van der Waals surface area contributed by atoms with Gasteiger partial charge in [0.2, 0.25) is 11.8 Å². The van der Waals surface area contributed by atoms with E-state index in [0.29, 0.717) is 13.1 Å². The summed E-state index contributed by atoms with van der Waals surface area (Å²) < 4.78 is 13.3. The van der Waals surface area contributed by atoms with Gasteiger partial charge in [0, 0.05) is 17.5 Å². The van der Waals surface area contributed by atoms with E-state index < -0.39 is 0 Å². The molecule has 2 aromatic carbocycles. The van der Waals surface area contributed by atoms with Gasteiger partial charge in [-0.2, -0.15) is 0 Å². The van der Waals surface area contributed by atoms with Crippen molar-refractivity contribution < 1.29 is 14.0 Å². The third-order valence-corrected chi connectivity index (χ3v) is 6.40. The molecule has 0 atom stereocenters. The zero-order chi connectivity index (χ0) is 23.1. The molecular formula is C26H29FN2O2S. The van der Waals surface area contributed by atoms with Gasteiger partial charge < -0.3 is 9.80 Å². The Balaban J connectivity index is 1.77. The highest BCUT2D eigenvalue weighted by Gasteiger charge is 2.24. The largest absolute Gasteiger partial charge is 0.332 e. The van der Waals surface area contributed by atoms with Crippen LogP contribution in [0.2, 0.25) is 0 Å². The van der Waals surface area contributed by atoms with Crippen molar-refractivity contribution in [3.63, 3.8) is 0 Å². The van der Waals surface area contributed by atoms with Crippen LogP contribution in [0.4, 0.5) is 4.39 Å². The standard InChI is InChI=1S/C26H29FN2O2S/c1-19(2)29(25(30)15-21-7-5-4-6-8-21)18-26(31)28(17-24-20(3)13-14-32-24)16-22-9-11-23(27)12-10-22/h4-14,19H,15-18H2,1-3H3. The molecule has 3 aromatic rings. The molecular weight excluding hydrogens is 423 g/mol. The van der Waals surface area contributed by atoms with Gasteiger partial charge in [-0.3, -0.25) is 9.59 Å². The number of carbonyl (C=O) groups is 2. The quantitative estimate of drug-likeness (QED) is 0.448. The van der Waals surface area contributed by atoms with Crippen molar-refractivity contribution in [1.82, 2.24) is 9.80 Å². The average Bonchev–Trinajstić information content (AvgIpc) is 3.17. The number of benzene rings is 2. The van der Waals surface area contributed by atoms with Crippen LogP contribution in [0.5, 0.6) is 0 Å². The molecule has 32 heavy (non-hydrogen) atoms. The Kier molecular flexibility index (Phi) is 8.17. The van der Waals surface area contributed by atoms with Crippen LogP contribution in [-0.4, -0.2) is 34.2 Å². The van der Waals surface area contributed by atoms with Gasteiger partial charge in [0.15, 0.2) is 0 Å². The van der Waals surface area contributed by atoms with Crippen LogP contribution in [0.3, 0.4) is 0 Å². The molecule has 0 aliphatic rings. The summed E-state index contributed by atoms with van der Waals surface area (Å²) in [6.45, 7) is 6.69. The van der Waals surface area contributed by atoms with Crippen LogP contribution in [0.25, 0.3) is 0 Å². The Morgan fingerprint density at radius 1 is 0.906 bits per heavy atom. The molecule has 2 amide bonds. The summed E-state index contributed by atoms with van der Waals surface area (Å²) in [7, 11) is 0. The minimum absolute atomic E-state index is 0.00888. The SMILES string of the molecule is Cc1ccsc1CN(Cc1ccc(F)cc1)C(=O)CN(C(=O)Cc1ccccc1)C(C)C. The number of hydrogen-bond acceptors (Lipinski definition) is 3. The third-order valence-electron chi connectivity index (χ3n) is 5.39. The second-order valence-corrected chi connectivity index (χ2v) is 9.18. The van der Waals surface area contributed by atoms with Gasteiger partial charge in [0.1, 0.15) is 12.4 Å². The normalized spacial score (nSPS) is 10.9. The molecule has 0 unspecified atom stereocenters. The van der Waals surface area contributed by atoms with Crippen LogP contribution < -0.4 is 0 Å². The van der Waals surface area contributed by atoms with Gasteiger partial charge in [-0.1, -0.05) is 42.5 Å². The highest BCUT2D eigenvalue weighted by Crippen LogP contribution is 2.20. The minimum Gasteiger partial charge on any atom is -0.332 e. The van der Waals surface area contributed by atoms with Gasteiger partial charge in [-0.15, -0.1) is 11.3 Å². The highest BCUT2D eigenvalue weighted by molar-refractivity contribution is 7.10. The first-order valence-corrected chi connectivity index (χ1v) is 11.6. The fraction of sp³-hybridized carbons (Fsp3) is 0.308. The van der Waals surface area contributed by atoms with E-state index in [4.69, 9.17) is 0 Å². The Morgan fingerprint density at radius 2 is 1.59 bits per heavy atom. The maximum absolute atomic E-state index is 13.4. The van der Waals surface area contributed by atoms with Crippen LogP contribution >= 0.6 is 11.3 Å². The number of amides is 2. The highest BCUT2D eigenvalue weighted by atomic mass is 32.1. The van der Waals surface area contributed by atoms with E-state index in [2.05, 4.69) is 0 Å². The number of carbonyl (C=O) groups excluding carboxylic acids is 2. The van der Waals surface area contributed by atoms with Gasteiger partial charge >= 0.3 is 0 Å². The lowest BCUT2D eigenvalue weighted by atomic mass is 10.1. The van der Waals surface area contributed by atoms with E-state index >= 15 is 0 Å². The van der Waals surface area contributed by atoms with Crippen molar-refractivity contribution in [3.8, 4) is 0 Å². The number of halogens is 1. The zero-order valence-corrected chi connectivity index (χ0v) is 19.6. The molecule has 0 N–H and O–H groups in total. The van der Waals surface area contributed by atoms with Gasteiger partial charge in [-0.25, -0.2) is 4.39 Å². The van der Waals surface area contributed by atoms with Crippen molar-refractivity contribution in [3.05, 3.63) is 93.4 Å². The van der Waals surface area contributed by atoms with E-state index in [1.807, 2.05) is 62.5 Å². The predicted molar refractivity (Wildman–Crippen MR) is 127 cm³/mol. The van der Waals surface area contributed by atoms with Crippen molar-refractivity contribution in [1.29, 1.82) is 0 Å². The number of aryl methyl sites for hydroxylation is 1. The maximum atomic E-state index is 13.4. The van der Waals surface area contributed by atoms with Gasteiger partial charge in [0.05, 0.1) is 13.0 Å². The number of hydrogen-bond donors (Lipinski definition) is 0. The van der Waals surface area contributed by atoms with Crippen LogP contribution in [0.1, 0.15) is 35.4 Å². The Labute approximate surface area is 193 Å². The van der Waals surface area contributed by atoms with E-state index in [1.54, 1.807) is 33.3 Å². The Bertz CT molecular complexity index is 1030. The first-order valence-electron chi connectivity index (χ1n) is 10.7. The van der Waals surface area contributed by atoms with Crippen LogP contribution in [0, 0.1) is 12.7 Å². The topological polar surface area (TPSA) is 40.6 Å². The number of nitrogens with zero attached hydrogens (tertiary/aromatic N) is 2. The second kappa shape index (κ2) is 11.0.